The number of aliphatic hydroxyl groups is 1. The third kappa shape index (κ3) is 5.84. The first kappa shape index (κ1) is 28.4. The molecule has 3 heterocycles. The van der Waals surface area contributed by atoms with E-state index in [1.807, 2.05) is 13.1 Å². The maximum absolute atomic E-state index is 13.3. The van der Waals surface area contributed by atoms with Crippen molar-refractivity contribution >= 4 is 23.0 Å². The summed E-state index contributed by atoms with van der Waals surface area (Å²) in [6, 6.07) is 10.5. The van der Waals surface area contributed by atoms with Crippen LogP contribution in [-0.4, -0.2) is 54.3 Å². The second kappa shape index (κ2) is 12.2. The van der Waals surface area contributed by atoms with E-state index in [0.29, 0.717) is 29.7 Å². The molecule has 1 aromatic carbocycles. The number of aliphatic hydroxyl groups excluding tert-OH is 1. The number of aryl methyl sites for hydroxylation is 1. The summed E-state index contributed by atoms with van der Waals surface area (Å²) in [5.74, 6) is 8.04. The highest BCUT2D eigenvalue weighted by atomic mass is 32.2. The number of benzene rings is 1. The minimum atomic E-state index is -1.13. The van der Waals surface area contributed by atoms with Crippen LogP contribution in [0.5, 0.6) is 0 Å². The molecule has 40 heavy (non-hydrogen) atoms. The molecule has 2 aromatic heterocycles. The van der Waals surface area contributed by atoms with Gasteiger partial charge in [0.15, 0.2) is 5.82 Å². The van der Waals surface area contributed by atoms with Crippen LogP contribution >= 0.6 is 0 Å². The van der Waals surface area contributed by atoms with Crippen LogP contribution in [0.4, 0.5) is 11.6 Å². The van der Waals surface area contributed by atoms with E-state index in [2.05, 4.69) is 86.9 Å². The molecule has 5 rings (SSSR count). The smallest absolute Gasteiger partial charge is 0.152 e. The lowest BCUT2D eigenvalue weighted by molar-refractivity contribution is 0.175. The molecular weight excluding hydrogens is 522 g/mol. The maximum Gasteiger partial charge on any atom is 0.152 e. The molecule has 1 aliphatic heterocycles. The van der Waals surface area contributed by atoms with E-state index in [9.17, 15) is 9.66 Å². The molecule has 0 bridgehead atoms. The minimum Gasteiger partial charge on any atom is -0.598 e. The third-order valence-electron chi connectivity index (χ3n) is 8.46. The summed E-state index contributed by atoms with van der Waals surface area (Å²) in [4.78, 5) is 11.5. The molecule has 9 nitrogen and oxygen atoms in total. The van der Waals surface area contributed by atoms with E-state index >= 15 is 0 Å². The first-order chi connectivity index (χ1) is 19.3. The third-order valence-corrected chi connectivity index (χ3v) is 10.1. The monoisotopic (exact) mass is 561 g/mol. The Bertz CT molecular complexity index is 1370. The molecule has 1 fully saturated rings. The number of fused-ring (bicyclic) bond motifs is 1. The SMILES string of the molecule is CC(C)C(C)[S+]([O-])N[C@@H]1c2ccccc2CC12CCN(c1ncc(C#CCNc3ccnn3C)nc1CO)CC2. The second-order valence-corrected chi connectivity index (χ2v) is 12.8. The molecule has 0 radical (unpaired) electrons. The van der Waals surface area contributed by atoms with Crippen LogP contribution in [-0.2, 0) is 31.4 Å². The van der Waals surface area contributed by atoms with Gasteiger partial charge in [0.1, 0.15) is 22.5 Å². The molecule has 1 saturated heterocycles. The van der Waals surface area contributed by atoms with E-state index in [1.54, 1.807) is 17.1 Å². The Labute approximate surface area is 240 Å². The van der Waals surface area contributed by atoms with Crippen LogP contribution in [0.15, 0.2) is 42.7 Å². The predicted octanol–water partition coefficient (Wildman–Crippen LogP) is 3.35. The van der Waals surface area contributed by atoms with Gasteiger partial charge in [0.05, 0.1) is 31.6 Å². The molecule has 10 heteroatoms. The van der Waals surface area contributed by atoms with E-state index in [-0.39, 0.29) is 23.3 Å². The molecule has 3 aromatic rings. The van der Waals surface area contributed by atoms with Gasteiger partial charge in [-0.3, -0.25) is 4.68 Å². The Morgan fingerprint density at radius 3 is 2.67 bits per heavy atom. The van der Waals surface area contributed by atoms with Gasteiger partial charge in [-0.2, -0.15) is 5.10 Å². The lowest BCUT2D eigenvalue weighted by Gasteiger charge is -2.44. The summed E-state index contributed by atoms with van der Waals surface area (Å²) >= 11 is -1.13. The van der Waals surface area contributed by atoms with Crippen molar-refractivity contribution in [2.24, 2.45) is 18.4 Å². The Morgan fingerprint density at radius 2 is 1.98 bits per heavy atom. The zero-order valence-corrected chi connectivity index (χ0v) is 24.5. The van der Waals surface area contributed by atoms with Crippen LogP contribution in [0, 0.1) is 23.2 Å². The molecule has 3 N–H and O–H groups in total. The largest absolute Gasteiger partial charge is 0.598 e. The summed E-state index contributed by atoms with van der Waals surface area (Å²) in [6.45, 7) is 8.14. The highest BCUT2D eigenvalue weighted by Gasteiger charge is 2.50. The van der Waals surface area contributed by atoms with Gasteiger partial charge in [0.25, 0.3) is 0 Å². The van der Waals surface area contributed by atoms with Crippen molar-refractivity contribution in [3.63, 3.8) is 0 Å². The van der Waals surface area contributed by atoms with E-state index in [4.69, 9.17) is 0 Å². The number of nitrogens with zero attached hydrogens (tertiary/aromatic N) is 5. The van der Waals surface area contributed by atoms with Gasteiger partial charge in [-0.25, -0.2) is 9.97 Å². The number of aromatic nitrogens is 4. The number of rotatable bonds is 8. The number of hydrogen-bond donors (Lipinski definition) is 3. The highest BCUT2D eigenvalue weighted by Crippen LogP contribution is 2.52. The zero-order chi connectivity index (χ0) is 28.3. The summed E-state index contributed by atoms with van der Waals surface area (Å²) in [5.41, 5.74) is 3.69. The Morgan fingerprint density at radius 1 is 1.20 bits per heavy atom. The number of hydrogen-bond acceptors (Lipinski definition) is 8. The van der Waals surface area contributed by atoms with Crippen molar-refractivity contribution in [2.75, 3.05) is 29.9 Å². The van der Waals surface area contributed by atoms with E-state index in [0.717, 1.165) is 38.2 Å². The average Bonchev–Trinajstić information content (AvgIpc) is 3.51. The van der Waals surface area contributed by atoms with E-state index < -0.39 is 11.4 Å². The van der Waals surface area contributed by atoms with E-state index in [1.165, 1.54) is 11.1 Å². The molecule has 0 saturated carbocycles. The lowest BCUT2D eigenvalue weighted by atomic mass is 9.73. The first-order valence-electron chi connectivity index (χ1n) is 14.0. The maximum atomic E-state index is 13.3. The molecular formula is C30H39N7O2S. The van der Waals surface area contributed by atoms with Gasteiger partial charge in [-0.1, -0.05) is 44.0 Å². The summed E-state index contributed by atoms with van der Waals surface area (Å²) in [5, 5.41) is 17.5. The fourth-order valence-electron chi connectivity index (χ4n) is 5.74. The van der Waals surface area contributed by atoms with Gasteiger partial charge in [-0.15, -0.1) is 4.72 Å². The van der Waals surface area contributed by atoms with Crippen LogP contribution in [0.3, 0.4) is 0 Å². The van der Waals surface area contributed by atoms with Crippen LogP contribution < -0.4 is 14.9 Å². The Hall–Kier alpha value is -3.10. The summed E-state index contributed by atoms with van der Waals surface area (Å²) in [7, 11) is 1.87. The second-order valence-electron chi connectivity index (χ2n) is 11.2. The fraction of sp³-hybridized carbons (Fsp3) is 0.500. The zero-order valence-electron chi connectivity index (χ0n) is 23.7. The number of piperidine rings is 1. The van der Waals surface area contributed by atoms with Crippen molar-refractivity contribution in [1.82, 2.24) is 24.5 Å². The van der Waals surface area contributed by atoms with Crippen molar-refractivity contribution in [1.29, 1.82) is 0 Å². The molecule has 0 amide bonds. The standard InChI is InChI=1S/C30H39N7O2S/c1-21(2)22(3)40(39)35-28-25-10-6-5-8-23(25)18-30(28)12-16-37(17-13-30)29-26(20-38)34-24(19-32-29)9-7-14-31-27-11-15-33-36(27)4/h5-6,8,10-11,15,19,21-22,28,31,35,38H,12-14,16-18,20H2,1-4H3/t22?,28-,40?/m1/s1. The number of anilines is 2. The van der Waals surface area contributed by atoms with Crippen molar-refractivity contribution in [2.45, 2.75) is 57.9 Å². The molecule has 2 unspecified atom stereocenters. The molecule has 3 atom stereocenters. The molecule has 2 aliphatic rings. The van der Waals surface area contributed by atoms with Crippen molar-refractivity contribution in [3.8, 4) is 11.8 Å². The van der Waals surface area contributed by atoms with Crippen LogP contribution in [0.2, 0.25) is 0 Å². The van der Waals surface area contributed by atoms with Crippen LogP contribution in [0.25, 0.3) is 0 Å². The van der Waals surface area contributed by atoms with Gasteiger partial charge in [0.2, 0.25) is 0 Å². The molecule has 1 aliphatic carbocycles. The highest BCUT2D eigenvalue weighted by molar-refractivity contribution is 7.90. The van der Waals surface area contributed by atoms with Crippen LogP contribution in [0.1, 0.15) is 62.2 Å². The summed E-state index contributed by atoms with van der Waals surface area (Å²) in [6.07, 6.45) is 6.25. The van der Waals surface area contributed by atoms with Crippen molar-refractivity contribution in [3.05, 3.63) is 65.2 Å². The minimum absolute atomic E-state index is 0.00830. The first-order valence-corrected chi connectivity index (χ1v) is 15.2. The topological polar surface area (TPSA) is 114 Å². The van der Waals surface area contributed by atoms with Gasteiger partial charge in [-0.05, 0) is 43.2 Å². The van der Waals surface area contributed by atoms with Crippen molar-refractivity contribution < 1.29 is 9.66 Å². The predicted molar refractivity (Wildman–Crippen MR) is 159 cm³/mol. The lowest BCUT2D eigenvalue weighted by Crippen LogP contribution is -2.49. The van der Waals surface area contributed by atoms with Gasteiger partial charge < -0.3 is 19.9 Å². The normalized spacial score (nSPS) is 19.3. The Kier molecular flexibility index (Phi) is 8.66. The average molecular weight is 562 g/mol. The molecule has 212 valence electrons. The summed E-state index contributed by atoms with van der Waals surface area (Å²) < 4.78 is 18.6. The fourth-order valence-corrected chi connectivity index (χ4v) is 7.06. The molecule has 1 spiro atoms. The van der Waals surface area contributed by atoms with Gasteiger partial charge >= 0.3 is 0 Å². The van der Waals surface area contributed by atoms with Gasteiger partial charge in [0, 0.05) is 48.9 Å². The Balaban J connectivity index is 1.28. The quantitative estimate of drug-likeness (QED) is 0.284. The number of nitrogens with one attached hydrogen (secondary N) is 2.